The molecule has 0 saturated carbocycles. The zero-order valence-corrected chi connectivity index (χ0v) is 16.8. The maximum Gasteiger partial charge on any atom is 0.262 e. The molecule has 0 unspecified atom stereocenters. The number of anilines is 1. The van der Waals surface area contributed by atoms with Crippen LogP contribution in [0.5, 0.6) is 5.75 Å². The van der Waals surface area contributed by atoms with Gasteiger partial charge in [0.05, 0.1) is 0 Å². The van der Waals surface area contributed by atoms with Crippen LogP contribution in [0, 0.1) is 19.8 Å². The van der Waals surface area contributed by atoms with Crippen molar-refractivity contribution in [3.63, 3.8) is 0 Å². The molecule has 2 amide bonds. The predicted octanol–water partition coefficient (Wildman–Crippen LogP) is 4.19. The molecule has 1 aliphatic rings. The number of benzene rings is 2. The lowest BCUT2D eigenvalue weighted by molar-refractivity contribution is -0.118. The molecule has 1 fully saturated rings. The standard InChI is InChI=1S/C23H28N2O3/c1-16-8-10-25(11-9-16)23(27)19-4-6-20(7-5-19)24-22(26)15-28-21-13-17(2)12-18(3)14-21/h4-7,12-14,16H,8-11,15H2,1-3H3,(H,24,26). The summed E-state index contributed by atoms with van der Waals surface area (Å²) in [7, 11) is 0. The number of ether oxygens (including phenoxy) is 1. The van der Waals surface area contributed by atoms with E-state index in [1.807, 2.05) is 30.9 Å². The van der Waals surface area contributed by atoms with Crippen molar-refractivity contribution < 1.29 is 14.3 Å². The Kier molecular flexibility index (Phi) is 6.34. The highest BCUT2D eigenvalue weighted by Gasteiger charge is 2.21. The van der Waals surface area contributed by atoms with Crippen LogP contribution in [0.2, 0.25) is 0 Å². The number of nitrogens with zero attached hydrogens (tertiary/aromatic N) is 1. The second-order valence-electron chi connectivity index (χ2n) is 7.71. The number of hydrogen-bond acceptors (Lipinski definition) is 3. The van der Waals surface area contributed by atoms with Gasteiger partial charge in [0.1, 0.15) is 5.75 Å². The molecule has 1 aliphatic heterocycles. The first-order valence-electron chi connectivity index (χ1n) is 9.81. The Hall–Kier alpha value is -2.82. The summed E-state index contributed by atoms with van der Waals surface area (Å²) in [5.41, 5.74) is 3.49. The fourth-order valence-electron chi connectivity index (χ4n) is 3.45. The molecule has 2 aromatic carbocycles. The van der Waals surface area contributed by atoms with Gasteiger partial charge in [-0.05, 0) is 80.1 Å². The van der Waals surface area contributed by atoms with E-state index in [9.17, 15) is 9.59 Å². The molecule has 0 radical (unpaired) electrons. The van der Waals surface area contributed by atoms with Gasteiger partial charge in [-0.1, -0.05) is 13.0 Å². The first-order chi connectivity index (χ1) is 13.4. The number of rotatable bonds is 5. The van der Waals surface area contributed by atoms with Gasteiger partial charge >= 0.3 is 0 Å². The maximum absolute atomic E-state index is 12.6. The Bertz CT molecular complexity index is 817. The van der Waals surface area contributed by atoms with E-state index in [0.717, 1.165) is 37.1 Å². The number of carbonyl (C=O) groups is 2. The Morgan fingerprint density at radius 2 is 1.64 bits per heavy atom. The van der Waals surface area contributed by atoms with Gasteiger partial charge in [0.2, 0.25) is 0 Å². The Morgan fingerprint density at radius 3 is 2.25 bits per heavy atom. The van der Waals surface area contributed by atoms with Crippen LogP contribution >= 0.6 is 0 Å². The summed E-state index contributed by atoms with van der Waals surface area (Å²) < 4.78 is 5.58. The molecule has 5 nitrogen and oxygen atoms in total. The average molecular weight is 380 g/mol. The predicted molar refractivity (Wildman–Crippen MR) is 111 cm³/mol. The van der Waals surface area contributed by atoms with Crippen LogP contribution in [0.4, 0.5) is 5.69 Å². The van der Waals surface area contributed by atoms with Gasteiger partial charge in [0.25, 0.3) is 11.8 Å². The van der Waals surface area contributed by atoms with Crippen LogP contribution in [0.15, 0.2) is 42.5 Å². The van der Waals surface area contributed by atoms with E-state index in [4.69, 9.17) is 4.74 Å². The fourth-order valence-corrected chi connectivity index (χ4v) is 3.45. The zero-order valence-electron chi connectivity index (χ0n) is 16.8. The summed E-state index contributed by atoms with van der Waals surface area (Å²) in [4.78, 5) is 26.6. The van der Waals surface area contributed by atoms with E-state index in [2.05, 4.69) is 18.3 Å². The molecule has 5 heteroatoms. The highest BCUT2D eigenvalue weighted by molar-refractivity contribution is 5.96. The summed E-state index contributed by atoms with van der Waals surface area (Å²) >= 11 is 0. The minimum Gasteiger partial charge on any atom is -0.484 e. The molecule has 0 atom stereocenters. The first-order valence-corrected chi connectivity index (χ1v) is 9.81. The Morgan fingerprint density at radius 1 is 1.04 bits per heavy atom. The van der Waals surface area contributed by atoms with Crippen LogP contribution in [0.25, 0.3) is 0 Å². The van der Waals surface area contributed by atoms with Crippen molar-refractivity contribution in [1.29, 1.82) is 0 Å². The van der Waals surface area contributed by atoms with E-state index in [0.29, 0.717) is 22.9 Å². The molecule has 0 spiro atoms. The van der Waals surface area contributed by atoms with Crippen molar-refractivity contribution in [1.82, 2.24) is 4.90 Å². The lowest BCUT2D eigenvalue weighted by atomic mass is 9.98. The molecule has 1 saturated heterocycles. The van der Waals surface area contributed by atoms with Crippen LogP contribution in [0.1, 0.15) is 41.3 Å². The van der Waals surface area contributed by atoms with Gasteiger partial charge in [0.15, 0.2) is 6.61 Å². The molecule has 2 aromatic rings. The van der Waals surface area contributed by atoms with E-state index in [1.165, 1.54) is 0 Å². The van der Waals surface area contributed by atoms with E-state index >= 15 is 0 Å². The molecule has 1 heterocycles. The van der Waals surface area contributed by atoms with Crippen molar-refractivity contribution >= 4 is 17.5 Å². The minimum atomic E-state index is -0.233. The Balaban J connectivity index is 1.52. The van der Waals surface area contributed by atoms with Crippen molar-refractivity contribution in [2.75, 3.05) is 25.0 Å². The van der Waals surface area contributed by atoms with Crippen molar-refractivity contribution in [3.8, 4) is 5.75 Å². The lowest BCUT2D eigenvalue weighted by Crippen LogP contribution is -2.37. The number of likely N-dealkylation sites (tertiary alicyclic amines) is 1. The van der Waals surface area contributed by atoms with E-state index in [1.54, 1.807) is 24.3 Å². The second kappa shape index (κ2) is 8.91. The van der Waals surface area contributed by atoms with Gasteiger partial charge < -0.3 is 15.0 Å². The molecule has 1 N–H and O–H groups in total. The highest BCUT2D eigenvalue weighted by atomic mass is 16.5. The van der Waals surface area contributed by atoms with Gasteiger partial charge in [0, 0.05) is 24.3 Å². The number of aryl methyl sites for hydroxylation is 2. The lowest BCUT2D eigenvalue weighted by Gasteiger charge is -2.30. The molecule has 28 heavy (non-hydrogen) atoms. The third kappa shape index (κ3) is 5.35. The van der Waals surface area contributed by atoms with Gasteiger partial charge in [-0.25, -0.2) is 0 Å². The summed E-state index contributed by atoms with van der Waals surface area (Å²) in [6, 6.07) is 12.9. The third-order valence-electron chi connectivity index (χ3n) is 5.05. The number of piperidine rings is 1. The second-order valence-corrected chi connectivity index (χ2v) is 7.71. The molecule has 3 rings (SSSR count). The average Bonchev–Trinajstić information content (AvgIpc) is 2.66. The van der Waals surface area contributed by atoms with E-state index < -0.39 is 0 Å². The maximum atomic E-state index is 12.6. The number of carbonyl (C=O) groups excluding carboxylic acids is 2. The SMILES string of the molecule is Cc1cc(C)cc(OCC(=O)Nc2ccc(C(=O)N3CCC(C)CC3)cc2)c1. The van der Waals surface area contributed by atoms with E-state index in [-0.39, 0.29) is 18.4 Å². The van der Waals surface area contributed by atoms with Crippen molar-refractivity contribution in [2.24, 2.45) is 5.92 Å². The quantitative estimate of drug-likeness (QED) is 0.846. The molecule has 148 valence electrons. The third-order valence-corrected chi connectivity index (χ3v) is 5.05. The van der Waals surface area contributed by atoms with Crippen LogP contribution in [0.3, 0.4) is 0 Å². The summed E-state index contributed by atoms with van der Waals surface area (Å²) in [5.74, 6) is 1.20. The topological polar surface area (TPSA) is 58.6 Å². The van der Waals surface area contributed by atoms with Gasteiger partial charge in [-0.2, -0.15) is 0 Å². The monoisotopic (exact) mass is 380 g/mol. The number of hydrogen-bond donors (Lipinski definition) is 1. The van der Waals surface area contributed by atoms with Crippen molar-refractivity contribution in [3.05, 3.63) is 59.2 Å². The molecular formula is C23H28N2O3. The summed E-state index contributed by atoms with van der Waals surface area (Å²) in [6.45, 7) is 7.78. The van der Waals surface area contributed by atoms with Gasteiger partial charge in [-0.15, -0.1) is 0 Å². The van der Waals surface area contributed by atoms with Crippen LogP contribution in [-0.4, -0.2) is 36.4 Å². The highest BCUT2D eigenvalue weighted by Crippen LogP contribution is 2.19. The first kappa shape index (κ1) is 19.9. The summed E-state index contributed by atoms with van der Waals surface area (Å²) in [5, 5.41) is 2.80. The largest absolute Gasteiger partial charge is 0.484 e. The minimum absolute atomic E-state index is 0.0583. The molecule has 0 bridgehead atoms. The van der Waals surface area contributed by atoms with Gasteiger partial charge in [-0.3, -0.25) is 9.59 Å². The normalized spacial score (nSPS) is 14.6. The molecule has 0 aromatic heterocycles. The summed E-state index contributed by atoms with van der Waals surface area (Å²) in [6.07, 6.45) is 2.11. The molecular weight excluding hydrogens is 352 g/mol. The molecule has 0 aliphatic carbocycles. The fraction of sp³-hybridized carbons (Fsp3) is 0.391. The smallest absolute Gasteiger partial charge is 0.262 e. The Labute approximate surface area is 166 Å². The zero-order chi connectivity index (χ0) is 20.1. The van der Waals surface area contributed by atoms with Crippen LogP contribution in [-0.2, 0) is 4.79 Å². The number of nitrogens with one attached hydrogen (secondary N) is 1. The van der Waals surface area contributed by atoms with Crippen LogP contribution < -0.4 is 10.1 Å². The van der Waals surface area contributed by atoms with Crippen molar-refractivity contribution in [2.45, 2.75) is 33.6 Å². The number of amides is 2.